The number of hydrogen-bond donors (Lipinski definition) is 2. The minimum Gasteiger partial charge on any atom is -0.274 e. The molecule has 6 heteroatoms. The molecule has 2 N–H and O–H groups in total. The molecule has 0 saturated heterocycles. The maximum atomic E-state index is 10.7. The second-order valence-electron chi connectivity index (χ2n) is 5.30. The second kappa shape index (κ2) is 6.28. The Bertz CT molecular complexity index is 334. The van der Waals surface area contributed by atoms with E-state index < -0.39 is 0 Å². The number of amides is 2. The molecule has 0 aliphatic carbocycles. The molecule has 0 saturated carbocycles. The number of hydrazone groups is 2. The Morgan fingerprint density at radius 1 is 0.833 bits per heavy atom. The van der Waals surface area contributed by atoms with Gasteiger partial charge >= 0.3 is 0 Å². The number of carbonyl (C=O) groups is 2. The van der Waals surface area contributed by atoms with Crippen molar-refractivity contribution in [3.8, 4) is 0 Å². The van der Waals surface area contributed by atoms with Gasteiger partial charge in [-0.1, -0.05) is 27.7 Å². The minimum atomic E-state index is -0.336. The number of rotatable bonds is 5. The average Bonchev–Trinajstić information content (AvgIpc) is 2.15. The molecule has 0 radical (unpaired) electrons. The van der Waals surface area contributed by atoms with Crippen molar-refractivity contribution in [1.29, 1.82) is 0 Å². The zero-order chi connectivity index (χ0) is 14.4. The summed E-state index contributed by atoms with van der Waals surface area (Å²) in [4.78, 5) is 21.5. The molecule has 2 amide bonds. The van der Waals surface area contributed by atoms with Crippen molar-refractivity contribution in [2.24, 2.45) is 21.0 Å². The lowest BCUT2D eigenvalue weighted by atomic mass is 9.69. The van der Waals surface area contributed by atoms with Gasteiger partial charge in [0.15, 0.2) is 0 Å². The van der Waals surface area contributed by atoms with E-state index in [0.29, 0.717) is 0 Å². The fourth-order valence-electron chi connectivity index (χ4n) is 0.902. The Hall–Kier alpha value is -1.72. The van der Waals surface area contributed by atoms with Crippen LogP contribution in [0.5, 0.6) is 0 Å². The van der Waals surface area contributed by atoms with Gasteiger partial charge in [0.05, 0.1) is 0 Å². The van der Waals surface area contributed by atoms with Crippen LogP contribution in [-0.2, 0) is 9.59 Å². The molecule has 18 heavy (non-hydrogen) atoms. The Balaban J connectivity index is 4.73. The quantitative estimate of drug-likeness (QED) is 0.572. The van der Waals surface area contributed by atoms with Gasteiger partial charge in [0.1, 0.15) is 0 Å². The van der Waals surface area contributed by atoms with Crippen molar-refractivity contribution < 1.29 is 9.59 Å². The van der Waals surface area contributed by atoms with E-state index in [1.807, 2.05) is 27.7 Å². The van der Waals surface area contributed by atoms with Crippen molar-refractivity contribution in [2.45, 2.75) is 41.5 Å². The minimum absolute atomic E-state index is 0.216. The highest BCUT2D eigenvalue weighted by atomic mass is 16.2. The molecule has 0 heterocycles. The summed E-state index contributed by atoms with van der Waals surface area (Å²) in [6.45, 7) is 10.7. The van der Waals surface area contributed by atoms with Crippen LogP contribution in [0.15, 0.2) is 10.2 Å². The summed E-state index contributed by atoms with van der Waals surface area (Å²) >= 11 is 0. The first-order valence-corrected chi connectivity index (χ1v) is 5.70. The van der Waals surface area contributed by atoms with Gasteiger partial charge in [-0.05, 0) is 0 Å². The van der Waals surface area contributed by atoms with Crippen LogP contribution in [0.25, 0.3) is 0 Å². The number of carbonyl (C=O) groups excluding carboxylic acids is 2. The van der Waals surface area contributed by atoms with Gasteiger partial charge in [0.25, 0.3) is 0 Å². The fourth-order valence-corrected chi connectivity index (χ4v) is 0.902. The molecule has 0 fully saturated rings. The van der Waals surface area contributed by atoms with E-state index in [9.17, 15) is 9.59 Å². The van der Waals surface area contributed by atoms with E-state index in [2.05, 4.69) is 21.1 Å². The summed E-state index contributed by atoms with van der Waals surface area (Å²) < 4.78 is 0. The summed E-state index contributed by atoms with van der Waals surface area (Å²) in [5.74, 6) is -0.432. The van der Waals surface area contributed by atoms with Crippen LogP contribution >= 0.6 is 0 Å². The van der Waals surface area contributed by atoms with Crippen molar-refractivity contribution in [1.82, 2.24) is 10.9 Å². The van der Waals surface area contributed by atoms with Crippen molar-refractivity contribution in [3.63, 3.8) is 0 Å². The van der Waals surface area contributed by atoms with E-state index in [1.165, 1.54) is 13.8 Å². The average molecular weight is 254 g/mol. The highest BCUT2D eigenvalue weighted by molar-refractivity contribution is 5.80. The van der Waals surface area contributed by atoms with Crippen molar-refractivity contribution in [3.05, 3.63) is 0 Å². The molecule has 0 rings (SSSR count). The molecular formula is C12H22N4O2. The van der Waals surface area contributed by atoms with Crippen LogP contribution in [0, 0.1) is 10.8 Å². The molecule has 0 bridgehead atoms. The molecule has 6 nitrogen and oxygen atoms in total. The molecule has 0 aliphatic heterocycles. The van der Waals surface area contributed by atoms with E-state index in [0.717, 1.165) is 0 Å². The molecule has 0 aromatic heterocycles. The van der Waals surface area contributed by atoms with E-state index >= 15 is 0 Å². The third kappa shape index (κ3) is 5.56. The van der Waals surface area contributed by atoms with Crippen molar-refractivity contribution >= 4 is 24.2 Å². The van der Waals surface area contributed by atoms with E-state index in [-0.39, 0.29) is 22.6 Å². The predicted octanol–water partition coefficient (Wildman–Crippen LogP) is 1.28. The van der Waals surface area contributed by atoms with Crippen LogP contribution < -0.4 is 10.9 Å². The first kappa shape index (κ1) is 16.3. The maximum Gasteiger partial charge on any atom is 0.236 e. The third-order valence-electron chi connectivity index (χ3n) is 2.88. The van der Waals surface area contributed by atoms with Crippen LogP contribution in [0.1, 0.15) is 41.5 Å². The summed E-state index contributed by atoms with van der Waals surface area (Å²) in [5, 5.41) is 7.76. The Kier molecular flexibility index (Phi) is 5.68. The molecule has 0 aromatic rings. The summed E-state index contributed by atoms with van der Waals surface area (Å²) in [7, 11) is 0. The molecule has 0 unspecified atom stereocenters. The third-order valence-corrected chi connectivity index (χ3v) is 2.88. The normalized spacial score (nSPS) is 13.0. The van der Waals surface area contributed by atoms with Crippen LogP contribution in [0.2, 0.25) is 0 Å². The SMILES string of the molecule is CC(=O)N/N=C/C(C)(C)C(C)(C)/C=N/NC(C)=O. The zero-order valence-electron chi connectivity index (χ0n) is 11.9. The van der Waals surface area contributed by atoms with E-state index in [1.54, 1.807) is 12.4 Å². The van der Waals surface area contributed by atoms with Crippen LogP contribution in [0.3, 0.4) is 0 Å². The largest absolute Gasteiger partial charge is 0.274 e. The fraction of sp³-hybridized carbons (Fsp3) is 0.667. The Labute approximate surface area is 108 Å². The van der Waals surface area contributed by atoms with Crippen LogP contribution in [-0.4, -0.2) is 24.2 Å². The highest BCUT2D eigenvalue weighted by Crippen LogP contribution is 2.34. The predicted molar refractivity (Wildman–Crippen MR) is 72.2 cm³/mol. The maximum absolute atomic E-state index is 10.7. The van der Waals surface area contributed by atoms with Gasteiger partial charge in [-0.25, -0.2) is 10.9 Å². The number of hydrogen-bond acceptors (Lipinski definition) is 4. The molecule has 0 aliphatic rings. The molecular weight excluding hydrogens is 232 g/mol. The summed E-state index contributed by atoms with van der Waals surface area (Å²) in [6, 6.07) is 0. The topological polar surface area (TPSA) is 82.9 Å². The monoisotopic (exact) mass is 254 g/mol. The van der Waals surface area contributed by atoms with Crippen molar-refractivity contribution in [2.75, 3.05) is 0 Å². The zero-order valence-corrected chi connectivity index (χ0v) is 11.9. The number of nitrogens with one attached hydrogen (secondary N) is 2. The lowest BCUT2D eigenvalue weighted by Crippen LogP contribution is -2.36. The van der Waals surface area contributed by atoms with Gasteiger partial charge in [-0.3, -0.25) is 9.59 Å². The summed E-state index contributed by atoms with van der Waals surface area (Å²) in [6.07, 6.45) is 3.32. The van der Waals surface area contributed by atoms with Gasteiger partial charge in [0, 0.05) is 37.1 Å². The molecule has 0 spiro atoms. The van der Waals surface area contributed by atoms with Gasteiger partial charge in [-0.2, -0.15) is 10.2 Å². The summed E-state index contributed by atoms with van der Waals surface area (Å²) in [5.41, 5.74) is 4.06. The first-order valence-electron chi connectivity index (χ1n) is 5.70. The Morgan fingerprint density at radius 2 is 1.11 bits per heavy atom. The standard InChI is InChI=1S/C12H22N4O2/c1-9(17)15-13-7-11(3,4)12(5,6)8-14-16-10(2)18/h7-8H,1-6H3,(H,15,17)(H,16,18)/b13-7+,14-8+. The first-order chi connectivity index (χ1) is 8.08. The van der Waals surface area contributed by atoms with Gasteiger partial charge in [0.2, 0.25) is 11.8 Å². The molecule has 0 atom stereocenters. The van der Waals surface area contributed by atoms with Gasteiger partial charge < -0.3 is 0 Å². The van der Waals surface area contributed by atoms with Gasteiger partial charge in [-0.15, -0.1) is 0 Å². The molecule has 0 aromatic carbocycles. The lowest BCUT2D eigenvalue weighted by molar-refractivity contribution is -0.119. The Morgan fingerprint density at radius 3 is 1.33 bits per heavy atom. The number of nitrogens with zero attached hydrogens (tertiary/aromatic N) is 2. The highest BCUT2D eigenvalue weighted by Gasteiger charge is 2.34. The molecule has 102 valence electrons. The van der Waals surface area contributed by atoms with Crippen LogP contribution in [0.4, 0.5) is 0 Å². The smallest absolute Gasteiger partial charge is 0.236 e. The second-order valence-corrected chi connectivity index (χ2v) is 5.30. The van der Waals surface area contributed by atoms with E-state index in [4.69, 9.17) is 0 Å². The lowest BCUT2D eigenvalue weighted by Gasteiger charge is -2.35.